The SMILES string of the molecule is O=C(CCCC=CC[C@@H]1[C@@H](C=C[C@@H](O)COc2cccc(Cl)c2)[C@H](O)C[C@@H]1O)NCC(=O)Oc1cccc(CO[N+](=O)[O-])c1. The van der Waals surface area contributed by atoms with Crippen molar-refractivity contribution in [2.24, 2.45) is 11.8 Å². The third kappa shape index (κ3) is 12.3. The molecule has 12 nitrogen and oxygen atoms in total. The van der Waals surface area contributed by atoms with Crippen molar-refractivity contribution in [1.82, 2.24) is 5.32 Å². The van der Waals surface area contributed by atoms with Crippen LogP contribution in [-0.4, -0.2) is 63.7 Å². The molecule has 5 atom stereocenters. The van der Waals surface area contributed by atoms with E-state index >= 15 is 0 Å². The number of halogens is 1. The number of allylic oxidation sites excluding steroid dienone is 2. The number of nitrogens with one attached hydrogen (secondary N) is 1. The molecule has 0 bridgehead atoms. The highest BCUT2D eigenvalue weighted by Crippen LogP contribution is 2.36. The first-order valence-electron chi connectivity index (χ1n) is 14.2. The summed E-state index contributed by atoms with van der Waals surface area (Å²) >= 11 is 5.94. The van der Waals surface area contributed by atoms with Gasteiger partial charge in [-0.3, -0.25) is 4.79 Å². The summed E-state index contributed by atoms with van der Waals surface area (Å²) in [5.41, 5.74) is 0.449. The van der Waals surface area contributed by atoms with Gasteiger partial charge in [0.2, 0.25) is 5.91 Å². The zero-order chi connectivity index (χ0) is 31.9. The molecule has 2 aromatic carbocycles. The quantitative estimate of drug-likeness (QED) is 0.0503. The number of amides is 1. The van der Waals surface area contributed by atoms with E-state index in [4.69, 9.17) is 21.1 Å². The van der Waals surface area contributed by atoms with Crippen LogP contribution in [0.2, 0.25) is 5.02 Å². The molecule has 1 fully saturated rings. The Labute approximate surface area is 260 Å². The van der Waals surface area contributed by atoms with Crippen molar-refractivity contribution < 1.29 is 44.3 Å². The maximum atomic E-state index is 12.1. The van der Waals surface area contributed by atoms with Gasteiger partial charge >= 0.3 is 5.97 Å². The molecule has 0 heterocycles. The molecule has 1 saturated carbocycles. The number of unbranched alkanes of at least 4 members (excludes halogenated alkanes) is 1. The van der Waals surface area contributed by atoms with Crippen LogP contribution in [0, 0.1) is 22.0 Å². The van der Waals surface area contributed by atoms with Gasteiger partial charge < -0.3 is 34.9 Å². The van der Waals surface area contributed by atoms with Crippen molar-refractivity contribution in [2.75, 3.05) is 13.2 Å². The lowest BCUT2D eigenvalue weighted by Gasteiger charge is -2.19. The van der Waals surface area contributed by atoms with Crippen molar-refractivity contribution in [1.29, 1.82) is 0 Å². The van der Waals surface area contributed by atoms with E-state index < -0.39 is 29.4 Å². The highest BCUT2D eigenvalue weighted by molar-refractivity contribution is 6.30. The molecule has 0 aromatic heterocycles. The van der Waals surface area contributed by atoms with E-state index in [1.54, 1.807) is 48.6 Å². The predicted molar refractivity (Wildman–Crippen MR) is 160 cm³/mol. The summed E-state index contributed by atoms with van der Waals surface area (Å²) in [4.78, 5) is 38.8. The second-order valence-corrected chi connectivity index (χ2v) is 10.8. The largest absolute Gasteiger partial charge is 0.491 e. The maximum absolute atomic E-state index is 12.1. The molecule has 0 spiro atoms. The molecule has 238 valence electrons. The number of carbonyl (C=O) groups excluding carboxylic acids is 2. The maximum Gasteiger partial charge on any atom is 0.330 e. The van der Waals surface area contributed by atoms with Crippen LogP contribution >= 0.6 is 11.6 Å². The number of nitrogens with zero attached hydrogens (tertiary/aromatic N) is 1. The van der Waals surface area contributed by atoms with E-state index in [0.717, 1.165) is 0 Å². The van der Waals surface area contributed by atoms with Gasteiger partial charge in [-0.1, -0.05) is 54.1 Å². The normalized spacial score (nSPS) is 20.5. The standard InChI is InChI=1S/C31H37ClN2O10/c32-22-8-6-9-24(16-22)42-20-23(35)13-14-27-26(28(36)17-29(27)37)11-3-1-2-4-12-30(38)33-18-31(39)44-25-10-5-7-21(15-25)19-43-34(40)41/h1,3,5-10,13-16,23,26-29,35-37H,2,4,11-12,17-20H2,(H,33,38)/t23-,26-,27-,28+,29-/m1/s1. The lowest BCUT2D eigenvalue weighted by Crippen LogP contribution is -2.31. The van der Waals surface area contributed by atoms with Crippen LogP contribution in [0.1, 0.15) is 37.7 Å². The summed E-state index contributed by atoms with van der Waals surface area (Å²) in [6.45, 7) is -0.599. The van der Waals surface area contributed by atoms with Crippen molar-refractivity contribution in [3.8, 4) is 11.5 Å². The molecule has 1 amide bonds. The van der Waals surface area contributed by atoms with Crippen LogP contribution in [0.4, 0.5) is 0 Å². The fraction of sp³-hybridized carbons (Fsp3) is 0.419. The van der Waals surface area contributed by atoms with E-state index in [-0.39, 0.29) is 56.1 Å². The van der Waals surface area contributed by atoms with E-state index in [2.05, 4.69) is 10.2 Å². The summed E-state index contributed by atoms with van der Waals surface area (Å²) < 4.78 is 10.7. The van der Waals surface area contributed by atoms with Crippen molar-refractivity contribution in [3.05, 3.63) is 93.5 Å². The van der Waals surface area contributed by atoms with E-state index in [1.807, 2.05) is 12.2 Å². The molecule has 4 N–H and O–H groups in total. The second kappa shape index (κ2) is 18.0. The van der Waals surface area contributed by atoms with Crippen LogP contribution in [0.25, 0.3) is 0 Å². The van der Waals surface area contributed by atoms with E-state index in [1.165, 1.54) is 12.1 Å². The number of hydrogen-bond acceptors (Lipinski definition) is 10. The first-order valence-corrected chi connectivity index (χ1v) is 14.6. The van der Waals surface area contributed by atoms with Gasteiger partial charge in [0.25, 0.3) is 5.09 Å². The Morgan fingerprint density at radius 1 is 1.11 bits per heavy atom. The molecule has 2 aromatic rings. The number of aliphatic hydroxyl groups excluding tert-OH is 3. The van der Waals surface area contributed by atoms with Gasteiger partial charge in [-0.15, -0.1) is 10.1 Å². The van der Waals surface area contributed by atoms with Crippen LogP contribution in [0.3, 0.4) is 0 Å². The molecule has 3 rings (SSSR count). The molecule has 0 aliphatic heterocycles. The molecule has 0 radical (unpaired) electrons. The Hall–Kier alpha value is -3.97. The van der Waals surface area contributed by atoms with Crippen molar-refractivity contribution in [2.45, 2.75) is 57.0 Å². The molecular weight excluding hydrogens is 596 g/mol. The zero-order valence-electron chi connectivity index (χ0n) is 24.0. The van der Waals surface area contributed by atoms with Gasteiger partial charge in [0.05, 0.1) is 12.2 Å². The monoisotopic (exact) mass is 632 g/mol. The van der Waals surface area contributed by atoms with Gasteiger partial charge in [-0.05, 0) is 61.1 Å². The number of esters is 1. The summed E-state index contributed by atoms with van der Waals surface area (Å²) in [5.74, 6) is -0.858. The highest BCUT2D eigenvalue weighted by atomic mass is 35.5. The number of rotatable bonds is 17. The number of carbonyl (C=O) groups is 2. The Balaban J connectivity index is 1.33. The van der Waals surface area contributed by atoms with Crippen LogP contribution in [-0.2, 0) is 21.0 Å². The molecule has 0 saturated heterocycles. The molecule has 1 aliphatic carbocycles. The van der Waals surface area contributed by atoms with Crippen LogP contribution < -0.4 is 14.8 Å². The Morgan fingerprint density at radius 2 is 1.89 bits per heavy atom. The first-order chi connectivity index (χ1) is 21.1. The summed E-state index contributed by atoms with van der Waals surface area (Å²) in [6, 6.07) is 12.9. The number of ether oxygens (including phenoxy) is 2. The smallest absolute Gasteiger partial charge is 0.330 e. The zero-order valence-corrected chi connectivity index (χ0v) is 24.8. The fourth-order valence-corrected chi connectivity index (χ4v) is 4.94. The second-order valence-electron chi connectivity index (χ2n) is 10.3. The van der Waals surface area contributed by atoms with E-state index in [0.29, 0.717) is 35.6 Å². The lowest BCUT2D eigenvalue weighted by molar-refractivity contribution is -0.763. The molecule has 13 heteroatoms. The van der Waals surface area contributed by atoms with Crippen LogP contribution in [0.15, 0.2) is 72.8 Å². The van der Waals surface area contributed by atoms with E-state index in [9.17, 15) is 35.0 Å². The van der Waals surface area contributed by atoms with Gasteiger partial charge in [-0.25, -0.2) is 4.79 Å². The Morgan fingerprint density at radius 3 is 2.66 bits per heavy atom. The fourth-order valence-electron chi connectivity index (χ4n) is 4.76. The van der Waals surface area contributed by atoms with Crippen LogP contribution in [0.5, 0.6) is 11.5 Å². The molecule has 44 heavy (non-hydrogen) atoms. The number of aliphatic hydroxyl groups is 3. The minimum atomic E-state index is -0.917. The molecule has 1 aliphatic rings. The van der Waals surface area contributed by atoms with Gasteiger partial charge in [0.1, 0.15) is 37.4 Å². The predicted octanol–water partition coefficient (Wildman–Crippen LogP) is 3.54. The Kier molecular flexibility index (Phi) is 14.1. The number of benzene rings is 2. The minimum absolute atomic E-state index is 0.0129. The average molecular weight is 633 g/mol. The number of hydrogen-bond donors (Lipinski definition) is 4. The first kappa shape index (κ1) is 34.5. The topological polar surface area (TPSA) is 178 Å². The summed E-state index contributed by atoms with van der Waals surface area (Å²) in [7, 11) is 0. The Bertz CT molecular complexity index is 1300. The molecule has 0 unspecified atom stereocenters. The van der Waals surface area contributed by atoms with Gasteiger partial charge in [0, 0.05) is 23.8 Å². The average Bonchev–Trinajstić information content (AvgIpc) is 3.26. The molecular formula is C31H37ClN2O10. The minimum Gasteiger partial charge on any atom is -0.491 e. The summed E-state index contributed by atoms with van der Waals surface area (Å²) in [5, 5.41) is 43.6. The lowest BCUT2D eigenvalue weighted by atomic mass is 9.89. The van der Waals surface area contributed by atoms with Gasteiger partial charge in [0.15, 0.2) is 0 Å². The summed E-state index contributed by atoms with van der Waals surface area (Å²) in [6.07, 6.45) is 6.86. The van der Waals surface area contributed by atoms with Crippen molar-refractivity contribution in [3.63, 3.8) is 0 Å². The highest BCUT2D eigenvalue weighted by Gasteiger charge is 2.39. The third-order valence-corrected chi connectivity index (χ3v) is 7.17. The third-order valence-electron chi connectivity index (χ3n) is 6.93. The van der Waals surface area contributed by atoms with Gasteiger partial charge in [-0.2, -0.15) is 0 Å². The van der Waals surface area contributed by atoms with Crippen molar-refractivity contribution >= 4 is 23.5 Å².